The van der Waals surface area contributed by atoms with Gasteiger partial charge in [-0.05, 0) is 44.4 Å². The molecule has 3 rings (SSSR count). The van der Waals surface area contributed by atoms with Crippen LogP contribution in [0, 0.1) is 5.92 Å². The average Bonchev–Trinajstić information content (AvgIpc) is 2.50. The first-order valence-corrected chi connectivity index (χ1v) is 7.78. The molecule has 2 heteroatoms. The lowest BCUT2D eigenvalue weighted by Gasteiger charge is -2.44. The van der Waals surface area contributed by atoms with Gasteiger partial charge in [0, 0.05) is 24.2 Å². The smallest absolute Gasteiger partial charge is 0.0127 e. The van der Waals surface area contributed by atoms with Crippen LogP contribution in [-0.4, -0.2) is 29.1 Å². The topological polar surface area (TPSA) is 29.3 Å². The van der Waals surface area contributed by atoms with Crippen molar-refractivity contribution in [2.24, 2.45) is 11.7 Å². The Morgan fingerprint density at radius 2 is 1.53 bits per heavy atom. The van der Waals surface area contributed by atoms with Crippen LogP contribution in [-0.2, 0) is 0 Å². The van der Waals surface area contributed by atoms with Crippen LogP contribution in [0.4, 0.5) is 0 Å². The van der Waals surface area contributed by atoms with E-state index in [1.807, 2.05) is 0 Å². The van der Waals surface area contributed by atoms with Gasteiger partial charge < -0.3 is 5.73 Å². The van der Waals surface area contributed by atoms with Gasteiger partial charge in [-0.15, -0.1) is 0 Å². The third-order valence-corrected chi connectivity index (χ3v) is 5.53. The zero-order valence-electron chi connectivity index (χ0n) is 11.3. The molecule has 2 aliphatic heterocycles. The van der Waals surface area contributed by atoms with Crippen molar-refractivity contribution in [1.29, 1.82) is 0 Å². The Bertz CT molecular complexity index is 252. The predicted octanol–water partition coefficient (Wildman–Crippen LogP) is 2.91. The summed E-state index contributed by atoms with van der Waals surface area (Å²) in [6.07, 6.45) is 12.6. The minimum Gasteiger partial charge on any atom is -0.328 e. The SMILES string of the molecule is CC1CCCCCC1N1C2CCC1CC(N)C2. The number of nitrogens with zero attached hydrogens (tertiary/aromatic N) is 1. The van der Waals surface area contributed by atoms with Crippen molar-refractivity contribution in [2.45, 2.75) is 88.9 Å². The summed E-state index contributed by atoms with van der Waals surface area (Å²) in [5, 5.41) is 0. The lowest BCUT2D eigenvalue weighted by molar-refractivity contribution is 0.0465. The fraction of sp³-hybridized carbons (Fsp3) is 1.00. The standard InChI is InChI=1S/C15H28N2/c1-11-5-3-2-4-6-15(11)17-13-7-8-14(17)10-12(16)9-13/h11-15H,2-10,16H2,1H3. The monoisotopic (exact) mass is 236 g/mol. The minimum absolute atomic E-state index is 0.491. The molecule has 2 bridgehead atoms. The Morgan fingerprint density at radius 1 is 0.882 bits per heavy atom. The highest BCUT2D eigenvalue weighted by atomic mass is 15.3. The van der Waals surface area contributed by atoms with E-state index in [9.17, 15) is 0 Å². The zero-order chi connectivity index (χ0) is 11.8. The van der Waals surface area contributed by atoms with E-state index >= 15 is 0 Å². The summed E-state index contributed by atoms with van der Waals surface area (Å²) in [4.78, 5) is 2.92. The number of hydrogen-bond donors (Lipinski definition) is 1. The van der Waals surface area contributed by atoms with Crippen LogP contribution in [0.3, 0.4) is 0 Å². The molecule has 17 heavy (non-hydrogen) atoms. The summed E-state index contributed by atoms with van der Waals surface area (Å²) in [6, 6.07) is 3.02. The number of hydrogen-bond acceptors (Lipinski definition) is 2. The van der Waals surface area contributed by atoms with Gasteiger partial charge in [0.1, 0.15) is 0 Å². The Labute approximate surface area is 106 Å². The summed E-state index contributed by atoms with van der Waals surface area (Å²) >= 11 is 0. The molecule has 1 aliphatic carbocycles. The Morgan fingerprint density at radius 3 is 2.24 bits per heavy atom. The molecule has 2 heterocycles. The van der Waals surface area contributed by atoms with E-state index in [1.165, 1.54) is 57.8 Å². The summed E-state index contributed by atoms with van der Waals surface area (Å²) in [7, 11) is 0. The molecule has 98 valence electrons. The van der Waals surface area contributed by atoms with Gasteiger partial charge in [0.05, 0.1) is 0 Å². The number of fused-ring (bicyclic) bond motifs is 2. The van der Waals surface area contributed by atoms with Crippen molar-refractivity contribution in [3.05, 3.63) is 0 Å². The molecule has 3 aliphatic rings. The molecule has 0 spiro atoms. The van der Waals surface area contributed by atoms with E-state index in [0.29, 0.717) is 6.04 Å². The Balaban J connectivity index is 1.74. The number of piperidine rings is 1. The molecule has 0 aromatic rings. The van der Waals surface area contributed by atoms with Gasteiger partial charge in [-0.25, -0.2) is 0 Å². The molecule has 2 N–H and O–H groups in total. The second kappa shape index (κ2) is 4.89. The van der Waals surface area contributed by atoms with E-state index in [4.69, 9.17) is 5.73 Å². The lowest BCUT2D eigenvalue weighted by Crippen LogP contribution is -2.53. The van der Waals surface area contributed by atoms with Gasteiger partial charge in [-0.3, -0.25) is 4.90 Å². The van der Waals surface area contributed by atoms with Crippen molar-refractivity contribution in [2.75, 3.05) is 0 Å². The first-order valence-electron chi connectivity index (χ1n) is 7.78. The molecule has 0 amide bonds. The third-order valence-electron chi connectivity index (χ3n) is 5.53. The van der Waals surface area contributed by atoms with Crippen molar-refractivity contribution >= 4 is 0 Å². The first-order chi connectivity index (χ1) is 8.25. The van der Waals surface area contributed by atoms with Crippen molar-refractivity contribution in [3.8, 4) is 0 Å². The number of rotatable bonds is 1. The fourth-order valence-electron chi connectivity index (χ4n) is 4.71. The highest BCUT2D eigenvalue weighted by Gasteiger charge is 2.44. The van der Waals surface area contributed by atoms with Gasteiger partial charge in [0.15, 0.2) is 0 Å². The van der Waals surface area contributed by atoms with Gasteiger partial charge in [0.25, 0.3) is 0 Å². The highest BCUT2D eigenvalue weighted by Crippen LogP contribution is 2.41. The molecular formula is C15H28N2. The van der Waals surface area contributed by atoms with Crippen molar-refractivity contribution < 1.29 is 0 Å². The van der Waals surface area contributed by atoms with Crippen molar-refractivity contribution in [1.82, 2.24) is 4.90 Å². The van der Waals surface area contributed by atoms with E-state index < -0.39 is 0 Å². The summed E-state index contributed by atoms with van der Waals surface area (Å²) in [6.45, 7) is 2.49. The van der Waals surface area contributed by atoms with Gasteiger partial charge in [-0.2, -0.15) is 0 Å². The zero-order valence-corrected chi connectivity index (χ0v) is 11.3. The molecule has 2 saturated heterocycles. The van der Waals surface area contributed by atoms with Gasteiger partial charge in [-0.1, -0.05) is 26.2 Å². The summed E-state index contributed by atoms with van der Waals surface area (Å²) in [5.41, 5.74) is 6.19. The van der Waals surface area contributed by atoms with Crippen LogP contribution in [0.15, 0.2) is 0 Å². The van der Waals surface area contributed by atoms with E-state index in [1.54, 1.807) is 0 Å². The Kier molecular flexibility index (Phi) is 3.45. The van der Waals surface area contributed by atoms with Crippen LogP contribution in [0.5, 0.6) is 0 Å². The number of nitrogens with two attached hydrogens (primary N) is 1. The maximum atomic E-state index is 6.19. The molecule has 3 fully saturated rings. The molecule has 4 atom stereocenters. The molecule has 2 nitrogen and oxygen atoms in total. The largest absolute Gasteiger partial charge is 0.328 e. The maximum absolute atomic E-state index is 6.19. The van der Waals surface area contributed by atoms with Crippen molar-refractivity contribution in [3.63, 3.8) is 0 Å². The van der Waals surface area contributed by atoms with Crippen LogP contribution >= 0.6 is 0 Å². The van der Waals surface area contributed by atoms with Crippen LogP contribution in [0.2, 0.25) is 0 Å². The first kappa shape index (κ1) is 12.0. The molecule has 1 saturated carbocycles. The van der Waals surface area contributed by atoms with Crippen LogP contribution < -0.4 is 5.73 Å². The average molecular weight is 236 g/mol. The summed E-state index contributed by atoms with van der Waals surface area (Å²) < 4.78 is 0. The minimum atomic E-state index is 0.491. The third kappa shape index (κ3) is 2.26. The van der Waals surface area contributed by atoms with E-state index in [-0.39, 0.29) is 0 Å². The van der Waals surface area contributed by atoms with Crippen LogP contribution in [0.25, 0.3) is 0 Å². The molecule has 4 unspecified atom stereocenters. The predicted molar refractivity (Wildman–Crippen MR) is 71.9 cm³/mol. The molecule has 0 aromatic heterocycles. The summed E-state index contributed by atoms with van der Waals surface area (Å²) in [5.74, 6) is 0.912. The Hall–Kier alpha value is -0.0800. The van der Waals surface area contributed by atoms with Gasteiger partial charge in [0.2, 0.25) is 0 Å². The van der Waals surface area contributed by atoms with E-state index in [0.717, 1.165) is 24.0 Å². The second-order valence-corrected chi connectivity index (χ2v) is 6.75. The van der Waals surface area contributed by atoms with E-state index in [2.05, 4.69) is 11.8 Å². The second-order valence-electron chi connectivity index (χ2n) is 6.75. The molecule has 0 aromatic carbocycles. The molecule has 0 radical (unpaired) electrons. The highest BCUT2D eigenvalue weighted by molar-refractivity contribution is 5.00. The molecular weight excluding hydrogens is 208 g/mol. The lowest BCUT2D eigenvalue weighted by atomic mass is 9.89. The van der Waals surface area contributed by atoms with Gasteiger partial charge >= 0.3 is 0 Å². The maximum Gasteiger partial charge on any atom is 0.0127 e. The normalized spacial score (nSPS) is 48.0. The quantitative estimate of drug-likeness (QED) is 0.709. The van der Waals surface area contributed by atoms with Crippen LogP contribution in [0.1, 0.15) is 64.7 Å². The fourth-order valence-corrected chi connectivity index (χ4v) is 4.71.